The Morgan fingerprint density at radius 3 is 2.53 bits per heavy atom. The van der Waals surface area contributed by atoms with Gasteiger partial charge in [0.1, 0.15) is 0 Å². The molecule has 104 valence electrons. The zero-order chi connectivity index (χ0) is 14.0. The summed E-state index contributed by atoms with van der Waals surface area (Å²) in [5, 5.41) is 4.53. The van der Waals surface area contributed by atoms with Crippen LogP contribution in [0.2, 0.25) is 0 Å². The molecule has 0 fully saturated rings. The molecule has 1 atom stereocenters. The summed E-state index contributed by atoms with van der Waals surface area (Å²) >= 11 is 5.43. The molecule has 0 saturated carbocycles. The Hall–Kier alpha value is -0.480. The molecule has 4 heteroatoms. The van der Waals surface area contributed by atoms with Gasteiger partial charge in [-0.1, -0.05) is 41.5 Å². The summed E-state index contributed by atoms with van der Waals surface area (Å²) in [6.45, 7) is 8.73. The maximum Gasteiger partial charge on any atom is 0.161 e. The van der Waals surface area contributed by atoms with E-state index in [0.717, 1.165) is 16.6 Å². The lowest BCUT2D eigenvalue weighted by molar-refractivity contribution is 0.485. The van der Waals surface area contributed by atoms with Gasteiger partial charge >= 0.3 is 0 Å². The highest BCUT2D eigenvalue weighted by Gasteiger charge is 2.18. The number of anilines is 1. The molecule has 1 aliphatic heterocycles. The molecule has 19 heavy (non-hydrogen) atoms. The second kappa shape index (κ2) is 6.31. The van der Waals surface area contributed by atoms with Crippen molar-refractivity contribution >= 4 is 38.5 Å². The first-order valence-electron chi connectivity index (χ1n) is 6.71. The van der Waals surface area contributed by atoms with E-state index in [4.69, 9.17) is 4.99 Å². The lowest BCUT2D eigenvalue weighted by atomic mass is 10.0. The van der Waals surface area contributed by atoms with Gasteiger partial charge in [0, 0.05) is 15.9 Å². The zero-order valence-corrected chi connectivity index (χ0v) is 14.4. The summed E-state index contributed by atoms with van der Waals surface area (Å²) in [6.07, 6.45) is 1.19. The van der Waals surface area contributed by atoms with Crippen molar-refractivity contribution in [2.45, 2.75) is 40.2 Å². The van der Waals surface area contributed by atoms with Crippen molar-refractivity contribution in [1.82, 2.24) is 0 Å². The number of aliphatic imine (C=N–C) groups is 1. The highest BCUT2D eigenvalue weighted by Crippen LogP contribution is 2.27. The number of halogens is 1. The van der Waals surface area contributed by atoms with E-state index in [1.54, 1.807) is 0 Å². The molecular formula is C15H21BrN2S. The maximum atomic E-state index is 4.82. The van der Waals surface area contributed by atoms with Crippen molar-refractivity contribution in [2.75, 3.05) is 11.1 Å². The van der Waals surface area contributed by atoms with E-state index < -0.39 is 0 Å². The van der Waals surface area contributed by atoms with Gasteiger partial charge < -0.3 is 5.32 Å². The topological polar surface area (TPSA) is 24.4 Å². The number of benzene rings is 1. The minimum Gasteiger partial charge on any atom is -0.335 e. The van der Waals surface area contributed by atoms with Crippen molar-refractivity contribution in [2.24, 2.45) is 10.9 Å². The molecule has 2 rings (SSSR count). The Morgan fingerprint density at radius 2 is 1.95 bits per heavy atom. The van der Waals surface area contributed by atoms with Gasteiger partial charge in [0.2, 0.25) is 0 Å². The number of aryl methyl sites for hydroxylation is 2. The van der Waals surface area contributed by atoms with E-state index in [2.05, 4.69) is 61.1 Å². The Balaban J connectivity index is 2.17. The van der Waals surface area contributed by atoms with E-state index in [9.17, 15) is 0 Å². The van der Waals surface area contributed by atoms with E-state index in [1.807, 2.05) is 11.8 Å². The van der Waals surface area contributed by atoms with Crippen LogP contribution in [0.1, 0.15) is 31.4 Å². The predicted molar refractivity (Wildman–Crippen MR) is 90.4 cm³/mol. The van der Waals surface area contributed by atoms with Gasteiger partial charge in [0.25, 0.3) is 0 Å². The van der Waals surface area contributed by atoms with Crippen LogP contribution < -0.4 is 5.32 Å². The quantitative estimate of drug-likeness (QED) is 0.819. The summed E-state index contributed by atoms with van der Waals surface area (Å²) in [7, 11) is 0. The van der Waals surface area contributed by atoms with Crippen LogP contribution >= 0.6 is 27.7 Å². The van der Waals surface area contributed by atoms with E-state index in [0.29, 0.717) is 12.0 Å². The van der Waals surface area contributed by atoms with Crippen LogP contribution in [0.4, 0.5) is 5.69 Å². The van der Waals surface area contributed by atoms with Crippen LogP contribution in [-0.2, 0) is 0 Å². The molecule has 0 aliphatic carbocycles. The summed E-state index contributed by atoms with van der Waals surface area (Å²) in [4.78, 5) is 4.82. The lowest BCUT2D eigenvalue weighted by Crippen LogP contribution is -2.23. The third kappa shape index (κ3) is 3.76. The van der Waals surface area contributed by atoms with Gasteiger partial charge in [-0.3, -0.25) is 4.99 Å². The fourth-order valence-electron chi connectivity index (χ4n) is 2.22. The van der Waals surface area contributed by atoms with Crippen LogP contribution in [0.3, 0.4) is 0 Å². The van der Waals surface area contributed by atoms with E-state index in [-0.39, 0.29) is 0 Å². The predicted octanol–water partition coefficient (Wildman–Crippen LogP) is 5.00. The molecule has 1 aliphatic rings. The van der Waals surface area contributed by atoms with Crippen LogP contribution in [0, 0.1) is 19.8 Å². The molecule has 0 radical (unpaired) electrons. The monoisotopic (exact) mass is 340 g/mol. The number of nitrogens with zero attached hydrogens (tertiary/aromatic N) is 1. The van der Waals surface area contributed by atoms with Crippen LogP contribution in [-0.4, -0.2) is 17.0 Å². The normalized spacial score (nSPS) is 19.5. The summed E-state index contributed by atoms with van der Waals surface area (Å²) in [6, 6.07) is 4.79. The molecule has 0 spiro atoms. The molecule has 2 nitrogen and oxygen atoms in total. The van der Waals surface area contributed by atoms with Crippen molar-refractivity contribution < 1.29 is 0 Å². The summed E-state index contributed by atoms with van der Waals surface area (Å²) < 4.78 is 1.19. The fraction of sp³-hybridized carbons (Fsp3) is 0.533. The van der Waals surface area contributed by atoms with Crippen molar-refractivity contribution in [1.29, 1.82) is 0 Å². The second-order valence-electron chi connectivity index (χ2n) is 5.43. The molecule has 1 aromatic carbocycles. The maximum absolute atomic E-state index is 4.82. The second-order valence-corrected chi connectivity index (χ2v) is 7.31. The minimum absolute atomic E-state index is 0.460. The van der Waals surface area contributed by atoms with Gasteiger partial charge in [-0.2, -0.15) is 0 Å². The van der Waals surface area contributed by atoms with Gasteiger partial charge in [-0.25, -0.2) is 0 Å². The van der Waals surface area contributed by atoms with Crippen molar-refractivity contribution in [3.63, 3.8) is 0 Å². The van der Waals surface area contributed by atoms with Crippen LogP contribution in [0.25, 0.3) is 0 Å². The smallest absolute Gasteiger partial charge is 0.161 e. The molecule has 0 aromatic heterocycles. The Morgan fingerprint density at radius 1 is 1.32 bits per heavy atom. The number of nitrogens with one attached hydrogen (secondary N) is 1. The van der Waals surface area contributed by atoms with Gasteiger partial charge in [0.05, 0.1) is 6.04 Å². The highest BCUT2D eigenvalue weighted by molar-refractivity contribution is 9.10. The number of hydrogen-bond acceptors (Lipinski definition) is 3. The summed E-state index contributed by atoms with van der Waals surface area (Å²) in [5.41, 5.74) is 3.64. The van der Waals surface area contributed by atoms with Crippen LogP contribution in [0.15, 0.2) is 21.6 Å². The lowest BCUT2D eigenvalue weighted by Gasteiger charge is -2.23. The molecule has 0 saturated heterocycles. The number of rotatable bonds is 2. The molecular weight excluding hydrogens is 320 g/mol. The van der Waals surface area contributed by atoms with E-state index in [1.165, 1.54) is 22.0 Å². The standard InChI is InChI=1S/C15H21BrN2S/c1-9(2)13-5-6-19-15(18-13)17-12-7-10(3)14(16)11(4)8-12/h7-9,13H,5-6H2,1-4H3,(H,17,18). The first-order valence-corrected chi connectivity index (χ1v) is 8.49. The molecule has 1 heterocycles. The third-order valence-electron chi connectivity index (χ3n) is 3.39. The van der Waals surface area contributed by atoms with Gasteiger partial charge in [-0.15, -0.1) is 0 Å². The minimum atomic E-state index is 0.460. The Kier molecular flexibility index (Phi) is 4.96. The van der Waals surface area contributed by atoms with Crippen LogP contribution in [0.5, 0.6) is 0 Å². The molecule has 1 unspecified atom stereocenters. The Bertz CT molecular complexity index is 474. The average molecular weight is 341 g/mol. The highest BCUT2D eigenvalue weighted by atomic mass is 79.9. The number of hydrogen-bond donors (Lipinski definition) is 1. The van der Waals surface area contributed by atoms with E-state index >= 15 is 0 Å². The van der Waals surface area contributed by atoms with Gasteiger partial charge in [0.15, 0.2) is 5.17 Å². The first kappa shape index (κ1) is 14.9. The largest absolute Gasteiger partial charge is 0.335 e. The SMILES string of the molecule is Cc1cc(NC2=NC(C(C)C)CCS2)cc(C)c1Br. The summed E-state index contributed by atoms with van der Waals surface area (Å²) in [5.74, 6) is 1.77. The molecule has 1 aromatic rings. The molecule has 1 N–H and O–H groups in total. The molecule has 0 bridgehead atoms. The third-order valence-corrected chi connectivity index (χ3v) is 5.56. The van der Waals surface area contributed by atoms with Gasteiger partial charge in [-0.05, 0) is 49.4 Å². The first-order chi connectivity index (χ1) is 8.97. The molecule has 0 amide bonds. The zero-order valence-electron chi connectivity index (χ0n) is 12.0. The Labute approximate surface area is 128 Å². The number of amidine groups is 1. The fourth-order valence-corrected chi connectivity index (χ4v) is 3.40. The van der Waals surface area contributed by atoms with Crippen molar-refractivity contribution in [3.05, 3.63) is 27.7 Å². The van der Waals surface area contributed by atoms with Crippen molar-refractivity contribution in [3.8, 4) is 0 Å². The number of thioether (sulfide) groups is 1. The average Bonchev–Trinajstić information content (AvgIpc) is 2.36.